The molecule has 0 fully saturated rings. The molecule has 15 heavy (non-hydrogen) atoms. The molecule has 4 heteroatoms. The second-order valence-corrected chi connectivity index (χ2v) is 3.72. The maximum atomic E-state index is 11.5. The largest absolute Gasteiger partial charge is 0.369 e. The van der Waals surface area contributed by atoms with Gasteiger partial charge < -0.3 is 10.7 Å². The number of primary amides is 1. The highest BCUT2D eigenvalue weighted by Gasteiger charge is 2.34. The molecule has 4 nitrogen and oxygen atoms in total. The summed E-state index contributed by atoms with van der Waals surface area (Å²) in [5, 5.41) is 0. The van der Waals surface area contributed by atoms with E-state index in [9.17, 15) is 4.79 Å². The van der Waals surface area contributed by atoms with Crippen LogP contribution in [-0.2, 0) is 11.2 Å². The minimum atomic E-state index is -0.618. The number of aromatic nitrogens is 2. The third-order valence-corrected chi connectivity index (χ3v) is 2.67. The average molecular weight is 203 g/mol. The number of hydrogen-bond donors (Lipinski definition) is 2. The van der Waals surface area contributed by atoms with Gasteiger partial charge in [-0.2, -0.15) is 0 Å². The number of aromatic amines is 1. The number of nitrogens with zero attached hydrogens (tertiary/aromatic N) is 1. The molecule has 1 amide bonds. The van der Waals surface area contributed by atoms with Crippen molar-refractivity contribution in [3.8, 4) is 0 Å². The summed E-state index contributed by atoms with van der Waals surface area (Å²) in [7, 11) is 0. The monoisotopic (exact) mass is 203 g/mol. The number of imidazole rings is 1. The normalized spacial score (nSPS) is 24.3. The van der Waals surface area contributed by atoms with Crippen LogP contribution in [0.3, 0.4) is 0 Å². The fourth-order valence-electron chi connectivity index (χ4n) is 1.76. The van der Waals surface area contributed by atoms with Gasteiger partial charge in [0.2, 0.25) is 5.91 Å². The van der Waals surface area contributed by atoms with Crippen molar-refractivity contribution in [1.82, 2.24) is 9.97 Å². The van der Waals surface area contributed by atoms with E-state index >= 15 is 0 Å². The number of allylic oxidation sites excluding steroid dienone is 3. The van der Waals surface area contributed by atoms with Gasteiger partial charge in [0.05, 0.1) is 5.41 Å². The molecule has 1 aromatic rings. The van der Waals surface area contributed by atoms with Crippen LogP contribution in [0.1, 0.15) is 12.2 Å². The summed E-state index contributed by atoms with van der Waals surface area (Å²) >= 11 is 0. The Bertz CT molecular complexity index is 405. The van der Waals surface area contributed by atoms with E-state index in [0.29, 0.717) is 12.8 Å². The van der Waals surface area contributed by atoms with Crippen LogP contribution in [0.2, 0.25) is 0 Å². The molecule has 0 aliphatic heterocycles. The maximum absolute atomic E-state index is 11.5. The van der Waals surface area contributed by atoms with Crippen LogP contribution in [-0.4, -0.2) is 15.9 Å². The van der Waals surface area contributed by atoms with Gasteiger partial charge in [0, 0.05) is 18.8 Å². The summed E-state index contributed by atoms with van der Waals surface area (Å²) in [6.45, 7) is 0. The Labute approximate surface area is 87.9 Å². The van der Waals surface area contributed by atoms with Crippen molar-refractivity contribution >= 4 is 5.91 Å². The van der Waals surface area contributed by atoms with Crippen molar-refractivity contribution in [2.24, 2.45) is 11.1 Å². The highest BCUT2D eigenvalue weighted by Crippen LogP contribution is 2.30. The standard InChI is InChI=1S/C11H13N3O/c12-10(15)11(4-2-1-3-5-11)8-9-13-6-7-14-9/h1-4,6-7H,5,8H2,(H2,12,15)(H,13,14). The quantitative estimate of drug-likeness (QED) is 0.767. The number of hydrogen-bond acceptors (Lipinski definition) is 2. The SMILES string of the molecule is NC(=O)C1(Cc2ncc[nH]2)C=CC=CC1. The third kappa shape index (κ3) is 1.83. The molecule has 1 heterocycles. The van der Waals surface area contributed by atoms with E-state index in [0.717, 1.165) is 5.82 Å². The molecule has 1 aliphatic carbocycles. The third-order valence-electron chi connectivity index (χ3n) is 2.67. The first-order valence-corrected chi connectivity index (χ1v) is 4.85. The topological polar surface area (TPSA) is 71.8 Å². The van der Waals surface area contributed by atoms with E-state index in [4.69, 9.17) is 5.73 Å². The van der Waals surface area contributed by atoms with E-state index in [1.165, 1.54) is 0 Å². The second-order valence-electron chi connectivity index (χ2n) is 3.72. The molecule has 0 radical (unpaired) electrons. The number of nitrogens with two attached hydrogens (primary N) is 1. The minimum absolute atomic E-state index is 0.306. The van der Waals surface area contributed by atoms with Crippen molar-refractivity contribution in [3.63, 3.8) is 0 Å². The first-order valence-electron chi connectivity index (χ1n) is 4.85. The second kappa shape index (κ2) is 3.73. The van der Waals surface area contributed by atoms with Crippen LogP contribution >= 0.6 is 0 Å². The number of rotatable bonds is 3. The average Bonchev–Trinajstić information content (AvgIpc) is 2.71. The molecular formula is C11H13N3O. The smallest absolute Gasteiger partial charge is 0.228 e. The van der Waals surface area contributed by atoms with Gasteiger partial charge in [-0.05, 0) is 6.42 Å². The van der Waals surface area contributed by atoms with E-state index in [1.807, 2.05) is 24.3 Å². The lowest BCUT2D eigenvalue weighted by Gasteiger charge is -2.26. The summed E-state index contributed by atoms with van der Waals surface area (Å²) in [6.07, 6.45) is 12.2. The first-order chi connectivity index (χ1) is 7.23. The lowest BCUT2D eigenvalue weighted by Crippen LogP contribution is -2.38. The van der Waals surface area contributed by atoms with E-state index in [-0.39, 0.29) is 5.91 Å². The van der Waals surface area contributed by atoms with Crippen LogP contribution in [0.25, 0.3) is 0 Å². The molecule has 0 aromatic carbocycles. The van der Waals surface area contributed by atoms with Crippen LogP contribution in [0.5, 0.6) is 0 Å². The van der Waals surface area contributed by atoms with Crippen molar-refractivity contribution in [2.75, 3.05) is 0 Å². The van der Waals surface area contributed by atoms with Gasteiger partial charge in [-0.15, -0.1) is 0 Å². The molecule has 1 aromatic heterocycles. The Balaban J connectivity index is 2.24. The molecule has 0 saturated carbocycles. The maximum Gasteiger partial charge on any atom is 0.228 e. The van der Waals surface area contributed by atoms with E-state index in [1.54, 1.807) is 12.4 Å². The molecule has 78 valence electrons. The summed E-state index contributed by atoms with van der Waals surface area (Å²) in [6, 6.07) is 0. The predicted molar refractivity (Wildman–Crippen MR) is 56.8 cm³/mol. The molecule has 1 unspecified atom stereocenters. The Morgan fingerprint density at radius 2 is 2.47 bits per heavy atom. The van der Waals surface area contributed by atoms with Crippen LogP contribution < -0.4 is 5.73 Å². The molecule has 3 N–H and O–H groups in total. The van der Waals surface area contributed by atoms with E-state index in [2.05, 4.69) is 9.97 Å². The zero-order chi connectivity index (χ0) is 10.7. The van der Waals surface area contributed by atoms with Crippen molar-refractivity contribution in [3.05, 3.63) is 42.5 Å². The van der Waals surface area contributed by atoms with Crippen molar-refractivity contribution in [1.29, 1.82) is 0 Å². The van der Waals surface area contributed by atoms with Gasteiger partial charge >= 0.3 is 0 Å². The first kappa shape index (κ1) is 9.71. The van der Waals surface area contributed by atoms with Crippen LogP contribution in [0, 0.1) is 5.41 Å². The van der Waals surface area contributed by atoms with Crippen molar-refractivity contribution < 1.29 is 4.79 Å². The molecule has 0 spiro atoms. The molecule has 0 bridgehead atoms. The van der Waals surface area contributed by atoms with Crippen molar-refractivity contribution in [2.45, 2.75) is 12.8 Å². The Morgan fingerprint density at radius 3 is 3.00 bits per heavy atom. The predicted octanol–water partition coefficient (Wildman–Crippen LogP) is 0.940. The van der Waals surface area contributed by atoms with Gasteiger partial charge in [0.1, 0.15) is 5.82 Å². The highest BCUT2D eigenvalue weighted by atomic mass is 16.1. The molecular weight excluding hydrogens is 190 g/mol. The molecule has 1 aliphatic rings. The molecule has 1 atom stereocenters. The van der Waals surface area contributed by atoms with Crippen LogP contribution in [0.4, 0.5) is 0 Å². The summed E-state index contributed by atoms with van der Waals surface area (Å²) in [5.74, 6) is 0.480. The lowest BCUT2D eigenvalue weighted by molar-refractivity contribution is -0.125. The highest BCUT2D eigenvalue weighted by molar-refractivity contribution is 5.83. The zero-order valence-corrected chi connectivity index (χ0v) is 8.31. The number of H-pyrrole nitrogens is 1. The van der Waals surface area contributed by atoms with Gasteiger partial charge in [-0.3, -0.25) is 4.79 Å². The zero-order valence-electron chi connectivity index (χ0n) is 8.31. The Hall–Kier alpha value is -1.84. The fraction of sp³-hybridized carbons (Fsp3) is 0.273. The van der Waals surface area contributed by atoms with Gasteiger partial charge in [0.25, 0.3) is 0 Å². The van der Waals surface area contributed by atoms with E-state index < -0.39 is 5.41 Å². The fourth-order valence-corrected chi connectivity index (χ4v) is 1.76. The summed E-state index contributed by atoms with van der Waals surface area (Å²) < 4.78 is 0. The number of nitrogens with one attached hydrogen (secondary N) is 1. The van der Waals surface area contributed by atoms with Gasteiger partial charge in [-0.1, -0.05) is 24.3 Å². The lowest BCUT2D eigenvalue weighted by atomic mass is 9.78. The van der Waals surface area contributed by atoms with Gasteiger partial charge in [-0.25, -0.2) is 4.98 Å². The molecule has 2 rings (SSSR count). The number of carbonyl (C=O) groups is 1. The minimum Gasteiger partial charge on any atom is -0.369 e. The Morgan fingerprint density at radius 1 is 1.60 bits per heavy atom. The Kier molecular flexibility index (Phi) is 2.41. The van der Waals surface area contributed by atoms with Gasteiger partial charge in [0.15, 0.2) is 0 Å². The summed E-state index contributed by atoms with van der Waals surface area (Å²) in [4.78, 5) is 18.6. The number of carbonyl (C=O) groups excluding carboxylic acids is 1. The number of amides is 1. The summed E-state index contributed by atoms with van der Waals surface area (Å²) in [5.41, 5.74) is 4.83. The van der Waals surface area contributed by atoms with Crippen LogP contribution in [0.15, 0.2) is 36.7 Å². The molecule has 0 saturated heterocycles.